The largest absolute Gasteiger partial charge is 0.412 e. The summed E-state index contributed by atoms with van der Waals surface area (Å²) in [6.45, 7) is 22.1. The molecule has 4 unspecified atom stereocenters. The van der Waals surface area contributed by atoms with Crippen LogP contribution in [0.5, 0.6) is 0 Å². The molecule has 0 aliphatic rings. The SMILES string of the molecule is CCC(=O)CC(C)CC.CCC(=O)CC(C)CC.CCC(C)=O.CCC(C)CC(O)CC.O.[HH].[HH]. The van der Waals surface area contributed by atoms with Crippen molar-refractivity contribution in [2.45, 2.75) is 146 Å². The zero-order valence-corrected chi connectivity index (χ0v) is 24.1. The summed E-state index contributed by atoms with van der Waals surface area (Å²) in [5.74, 6) is 2.88. The van der Waals surface area contributed by atoms with Crippen LogP contribution in [0.2, 0.25) is 0 Å². The maximum Gasteiger partial charge on any atom is 0.132 e. The molecule has 0 aromatic carbocycles. The highest BCUT2D eigenvalue weighted by Gasteiger charge is 2.05. The molecule has 0 heterocycles. The lowest BCUT2D eigenvalue weighted by atomic mass is 10.00. The molecule has 0 rings (SSSR count). The molecule has 0 bridgehead atoms. The van der Waals surface area contributed by atoms with Crippen molar-refractivity contribution in [3.63, 3.8) is 0 Å². The number of Topliss-reactive ketones (excluding diaryl/α,β-unsaturated/α-hetero) is 3. The van der Waals surface area contributed by atoms with Crippen LogP contribution in [-0.4, -0.2) is 34.0 Å². The van der Waals surface area contributed by atoms with E-state index in [2.05, 4.69) is 41.5 Å². The Bertz CT molecular complexity index is 413. The second-order valence-electron chi connectivity index (χ2n) is 9.09. The Hall–Kier alpha value is -1.07. The van der Waals surface area contributed by atoms with E-state index in [1.165, 1.54) is 6.42 Å². The van der Waals surface area contributed by atoms with Crippen molar-refractivity contribution in [2.24, 2.45) is 17.8 Å². The first kappa shape index (κ1) is 42.1. The predicted molar refractivity (Wildman–Crippen MR) is 148 cm³/mol. The van der Waals surface area contributed by atoms with Crippen molar-refractivity contribution in [1.29, 1.82) is 0 Å². The summed E-state index contributed by atoms with van der Waals surface area (Å²) < 4.78 is 0. The van der Waals surface area contributed by atoms with Crippen LogP contribution in [0, 0.1) is 17.8 Å². The van der Waals surface area contributed by atoms with Gasteiger partial charge in [-0.25, -0.2) is 0 Å². The fourth-order valence-electron chi connectivity index (χ4n) is 2.15. The number of aliphatic hydroxyl groups excluding tert-OH is 1. The van der Waals surface area contributed by atoms with Crippen molar-refractivity contribution in [3.05, 3.63) is 0 Å². The van der Waals surface area contributed by atoms with E-state index in [4.69, 9.17) is 5.11 Å². The van der Waals surface area contributed by atoms with Crippen LogP contribution in [0.3, 0.4) is 0 Å². The zero-order valence-electron chi connectivity index (χ0n) is 24.1. The minimum absolute atomic E-state index is 0. The van der Waals surface area contributed by atoms with E-state index in [0.29, 0.717) is 48.6 Å². The molecule has 4 atom stereocenters. The maximum atomic E-state index is 10.8. The van der Waals surface area contributed by atoms with E-state index in [1.54, 1.807) is 6.92 Å². The lowest BCUT2D eigenvalue weighted by Crippen LogP contribution is -2.09. The number of carbonyl (C=O) groups is 3. The van der Waals surface area contributed by atoms with Crippen molar-refractivity contribution in [2.75, 3.05) is 0 Å². The van der Waals surface area contributed by atoms with Gasteiger partial charge in [-0.3, -0.25) is 9.59 Å². The van der Waals surface area contributed by atoms with E-state index in [-0.39, 0.29) is 20.2 Å². The molecule has 0 aromatic rings. The molecule has 0 aromatic heterocycles. The Morgan fingerprint density at radius 2 is 0.939 bits per heavy atom. The van der Waals surface area contributed by atoms with Gasteiger partial charge in [0.2, 0.25) is 0 Å². The van der Waals surface area contributed by atoms with Gasteiger partial charge >= 0.3 is 0 Å². The summed E-state index contributed by atoms with van der Waals surface area (Å²) in [6.07, 6.45) is 8.81. The van der Waals surface area contributed by atoms with Gasteiger partial charge in [0, 0.05) is 35.0 Å². The topological polar surface area (TPSA) is 103 Å². The second-order valence-corrected chi connectivity index (χ2v) is 9.09. The van der Waals surface area contributed by atoms with E-state index in [1.807, 2.05) is 27.7 Å². The maximum absolute atomic E-state index is 10.8. The smallest absolute Gasteiger partial charge is 0.132 e. The van der Waals surface area contributed by atoms with Gasteiger partial charge in [-0.1, -0.05) is 88.5 Å². The lowest BCUT2D eigenvalue weighted by molar-refractivity contribution is -0.120. The fraction of sp³-hybridized carbons (Fsp3) is 0.893. The molecule has 0 aliphatic heterocycles. The molecule has 0 fully saturated rings. The Kier molecular flexibility index (Phi) is 39.5. The summed E-state index contributed by atoms with van der Waals surface area (Å²) in [5, 5.41) is 9.16. The van der Waals surface area contributed by atoms with Crippen molar-refractivity contribution in [3.8, 4) is 0 Å². The molecule has 3 N–H and O–H groups in total. The summed E-state index contributed by atoms with van der Waals surface area (Å²) in [6, 6.07) is 0. The molecular weight excluding hydrogens is 416 g/mol. The molecule has 0 saturated carbocycles. The van der Waals surface area contributed by atoms with Crippen LogP contribution in [0.4, 0.5) is 0 Å². The number of aliphatic hydroxyl groups is 1. The number of rotatable bonds is 13. The van der Waals surface area contributed by atoms with Gasteiger partial charge in [0.15, 0.2) is 0 Å². The van der Waals surface area contributed by atoms with Crippen molar-refractivity contribution in [1.82, 2.24) is 0 Å². The molecular formula is C28H64O5. The highest BCUT2D eigenvalue weighted by atomic mass is 16.3. The van der Waals surface area contributed by atoms with E-state index < -0.39 is 0 Å². The van der Waals surface area contributed by atoms with Crippen molar-refractivity contribution >= 4 is 17.3 Å². The van der Waals surface area contributed by atoms with Gasteiger partial charge in [0.1, 0.15) is 17.3 Å². The van der Waals surface area contributed by atoms with E-state index in [9.17, 15) is 14.4 Å². The van der Waals surface area contributed by atoms with E-state index in [0.717, 1.165) is 38.5 Å². The lowest BCUT2D eigenvalue weighted by Gasteiger charge is -2.11. The molecule has 0 spiro atoms. The van der Waals surface area contributed by atoms with Crippen LogP contribution >= 0.6 is 0 Å². The molecule has 0 amide bonds. The Balaban J connectivity index is -0.0000000592. The highest BCUT2D eigenvalue weighted by Crippen LogP contribution is 2.11. The minimum Gasteiger partial charge on any atom is -0.412 e. The van der Waals surface area contributed by atoms with Crippen LogP contribution in [0.25, 0.3) is 0 Å². The Labute approximate surface area is 209 Å². The van der Waals surface area contributed by atoms with Gasteiger partial charge in [0.05, 0.1) is 6.10 Å². The predicted octanol–water partition coefficient (Wildman–Crippen LogP) is 7.65. The van der Waals surface area contributed by atoms with Gasteiger partial charge in [-0.15, -0.1) is 0 Å². The van der Waals surface area contributed by atoms with Gasteiger partial charge in [-0.05, 0) is 37.5 Å². The molecule has 206 valence electrons. The molecule has 0 radical (unpaired) electrons. The molecule has 5 heteroatoms. The van der Waals surface area contributed by atoms with E-state index >= 15 is 0 Å². The number of hydrogen-bond donors (Lipinski definition) is 1. The first-order valence-corrected chi connectivity index (χ1v) is 13.1. The third-order valence-corrected chi connectivity index (χ3v) is 5.68. The zero-order chi connectivity index (χ0) is 26.1. The van der Waals surface area contributed by atoms with Crippen LogP contribution in [0.15, 0.2) is 0 Å². The third-order valence-electron chi connectivity index (χ3n) is 5.68. The fourth-order valence-corrected chi connectivity index (χ4v) is 2.15. The second kappa shape index (κ2) is 30.9. The number of carbonyl (C=O) groups excluding carboxylic acids is 3. The number of hydrogen-bond acceptors (Lipinski definition) is 4. The standard InChI is InChI=1S/C8H18O.2C8H16O.C4H8O.H2O.2H2/c3*1-4-7(3)6-8(9)5-2;1-3-4(2)5;;;/h7-9H,4-6H2,1-3H3;2*7H,4-6H2,1-3H3;3H2,1-2H3;1H2;2*1H. The first-order valence-electron chi connectivity index (χ1n) is 13.1. The normalized spacial score (nSPS) is 13.1. The van der Waals surface area contributed by atoms with Gasteiger partial charge in [0.25, 0.3) is 0 Å². The first-order chi connectivity index (χ1) is 14.9. The molecule has 0 aliphatic carbocycles. The third kappa shape index (κ3) is 41.7. The summed E-state index contributed by atoms with van der Waals surface area (Å²) in [4.78, 5) is 31.4. The Morgan fingerprint density at radius 1 is 0.636 bits per heavy atom. The van der Waals surface area contributed by atoms with Crippen LogP contribution in [-0.2, 0) is 14.4 Å². The average Bonchev–Trinajstić information content (AvgIpc) is 2.79. The molecule has 33 heavy (non-hydrogen) atoms. The monoisotopic (exact) mass is 480 g/mol. The summed E-state index contributed by atoms with van der Waals surface area (Å²) in [7, 11) is 0. The van der Waals surface area contributed by atoms with Gasteiger partial charge in [-0.2, -0.15) is 0 Å². The molecule has 5 nitrogen and oxygen atoms in total. The van der Waals surface area contributed by atoms with Crippen molar-refractivity contribution < 1.29 is 27.8 Å². The summed E-state index contributed by atoms with van der Waals surface area (Å²) in [5.41, 5.74) is 0. The molecule has 0 saturated heterocycles. The quantitative estimate of drug-likeness (QED) is 0.292. The minimum atomic E-state index is -0.0695. The van der Waals surface area contributed by atoms with Gasteiger partial charge < -0.3 is 15.4 Å². The highest BCUT2D eigenvalue weighted by molar-refractivity contribution is 5.78. The van der Waals surface area contributed by atoms with Crippen LogP contribution < -0.4 is 0 Å². The van der Waals surface area contributed by atoms with Crippen LogP contribution in [0.1, 0.15) is 143 Å². The summed E-state index contributed by atoms with van der Waals surface area (Å²) >= 11 is 0. The Morgan fingerprint density at radius 3 is 1.12 bits per heavy atom. The number of ketones is 3. The average molecular weight is 481 g/mol.